The van der Waals surface area contributed by atoms with Crippen LogP contribution in [0.4, 0.5) is 0 Å². The number of nitrogens with one attached hydrogen (secondary N) is 2. The highest BCUT2D eigenvalue weighted by Crippen LogP contribution is 2.19. The Morgan fingerprint density at radius 1 is 1.36 bits per heavy atom. The molecule has 6 heteroatoms. The number of hydrogen-bond donors (Lipinski definition) is 2. The number of benzene rings is 1. The first-order chi connectivity index (χ1) is 10.6. The maximum Gasteiger partial charge on any atom is 0.245 e. The van der Waals surface area contributed by atoms with Gasteiger partial charge in [0.2, 0.25) is 11.8 Å². The molecule has 1 aliphatic rings. The van der Waals surface area contributed by atoms with Crippen LogP contribution in [0.3, 0.4) is 0 Å². The van der Waals surface area contributed by atoms with Crippen molar-refractivity contribution in [3.63, 3.8) is 0 Å². The van der Waals surface area contributed by atoms with E-state index in [2.05, 4.69) is 17.7 Å². The van der Waals surface area contributed by atoms with Crippen LogP contribution in [0.2, 0.25) is 5.02 Å². The Bertz CT molecular complexity index is 569. The Hall–Kier alpha value is -2.01. The molecule has 2 amide bonds. The lowest BCUT2D eigenvalue weighted by Gasteiger charge is -2.28. The second-order valence-corrected chi connectivity index (χ2v) is 5.56. The van der Waals surface area contributed by atoms with E-state index in [-0.39, 0.29) is 24.8 Å². The van der Waals surface area contributed by atoms with E-state index >= 15 is 0 Å². The van der Waals surface area contributed by atoms with Crippen molar-refractivity contribution in [3.05, 3.63) is 40.9 Å². The molecule has 0 saturated carbocycles. The van der Waals surface area contributed by atoms with Crippen molar-refractivity contribution in [2.75, 3.05) is 13.1 Å². The number of nitrogens with zero attached hydrogens (tertiary/aromatic N) is 1. The Morgan fingerprint density at radius 3 is 2.77 bits per heavy atom. The number of hydrazine groups is 1. The van der Waals surface area contributed by atoms with Crippen LogP contribution in [0.15, 0.2) is 30.3 Å². The normalized spacial score (nSPS) is 14.4. The molecule has 2 rings (SSSR count). The van der Waals surface area contributed by atoms with Gasteiger partial charge in [-0.25, -0.2) is 5.01 Å². The van der Waals surface area contributed by atoms with Gasteiger partial charge in [0.1, 0.15) is 6.54 Å². The first-order valence-electron chi connectivity index (χ1n) is 7.40. The predicted molar refractivity (Wildman–Crippen MR) is 86.8 cm³/mol. The quantitative estimate of drug-likeness (QED) is 0.791. The molecule has 1 aromatic rings. The fourth-order valence-electron chi connectivity index (χ4n) is 2.10. The first kappa shape index (κ1) is 16.4. The number of halogens is 1. The number of hydrogen-bond acceptors (Lipinski definition) is 3. The van der Waals surface area contributed by atoms with Crippen molar-refractivity contribution in [1.29, 1.82) is 0 Å². The van der Waals surface area contributed by atoms with Crippen LogP contribution >= 0.6 is 11.6 Å². The summed E-state index contributed by atoms with van der Waals surface area (Å²) in [7, 11) is 0. The minimum absolute atomic E-state index is 0.00742. The average molecular weight is 322 g/mol. The van der Waals surface area contributed by atoms with E-state index < -0.39 is 0 Å². The van der Waals surface area contributed by atoms with Crippen LogP contribution in [0.25, 0.3) is 5.70 Å². The average Bonchev–Trinajstić information content (AvgIpc) is 2.51. The van der Waals surface area contributed by atoms with Crippen LogP contribution in [-0.2, 0) is 9.59 Å². The van der Waals surface area contributed by atoms with Crippen LogP contribution in [-0.4, -0.2) is 29.9 Å². The molecular weight excluding hydrogens is 302 g/mol. The molecule has 0 aliphatic carbocycles. The first-order valence-corrected chi connectivity index (χ1v) is 7.77. The molecule has 1 aliphatic heterocycles. The summed E-state index contributed by atoms with van der Waals surface area (Å²) < 4.78 is 0. The summed E-state index contributed by atoms with van der Waals surface area (Å²) in [5, 5.41) is 4.81. The van der Waals surface area contributed by atoms with Gasteiger partial charge in [0.15, 0.2) is 0 Å². The summed E-state index contributed by atoms with van der Waals surface area (Å²) in [4.78, 5) is 23.7. The van der Waals surface area contributed by atoms with Gasteiger partial charge in [0.25, 0.3) is 0 Å². The molecular formula is C16H20ClN3O2. The molecule has 5 nitrogen and oxygen atoms in total. The largest absolute Gasteiger partial charge is 0.354 e. The zero-order valence-electron chi connectivity index (χ0n) is 12.6. The molecule has 118 valence electrons. The topological polar surface area (TPSA) is 61.4 Å². The van der Waals surface area contributed by atoms with Gasteiger partial charge < -0.3 is 5.32 Å². The second kappa shape index (κ2) is 7.84. The van der Waals surface area contributed by atoms with E-state index in [4.69, 9.17) is 11.6 Å². The summed E-state index contributed by atoms with van der Waals surface area (Å²) in [6.45, 7) is 2.70. The van der Waals surface area contributed by atoms with E-state index in [1.165, 1.54) is 5.01 Å². The molecule has 1 heterocycles. The molecule has 0 spiro atoms. The molecule has 1 aromatic carbocycles. The van der Waals surface area contributed by atoms with Crippen LogP contribution in [0.1, 0.15) is 31.7 Å². The van der Waals surface area contributed by atoms with E-state index in [1.807, 2.05) is 18.2 Å². The molecule has 0 aromatic heterocycles. The molecule has 0 fully saturated rings. The number of carbonyl (C=O) groups excluding carboxylic acids is 2. The van der Waals surface area contributed by atoms with Crippen molar-refractivity contribution < 1.29 is 9.59 Å². The standard InChI is InChI=1S/C16H20ClN3O2/c1-2-3-10-18-15(21)11-20-16(22)9-8-14(19-20)12-4-6-13(17)7-5-12/h4-8,19H,2-3,9-11H2,1H3,(H,18,21). The predicted octanol–water partition coefficient (Wildman–Crippen LogP) is 2.33. The van der Waals surface area contributed by atoms with Crippen molar-refractivity contribution in [2.45, 2.75) is 26.2 Å². The van der Waals surface area contributed by atoms with Gasteiger partial charge in [-0.05, 0) is 30.2 Å². The van der Waals surface area contributed by atoms with Gasteiger partial charge in [-0.15, -0.1) is 0 Å². The molecule has 2 N–H and O–H groups in total. The fourth-order valence-corrected chi connectivity index (χ4v) is 2.22. The number of rotatable bonds is 6. The summed E-state index contributed by atoms with van der Waals surface area (Å²) in [6, 6.07) is 7.32. The Kier molecular flexibility index (Phi) is 5.83. The monoisotopic (exact) mass is 321 g/mol. The second-order valence-electron chi connectivity index (χ2n) is 5.12. The van der Waals surface area contributed by atoms with Crippen molar-refractivity contribution in [3.8, 4) is 0 Å². The van der Waals surface area contributed by atoms with Crippen LogP contribution in [0, 0.1) is 0 Å². The summed E-state index contributed by atoms with van der Waals surface area (Å²) >= 11 is 5.87. The molecule has 22 heavy (non-hydrogen) atoms. The molecule has 0 bridgehead atoms. The van der Waals surface area contributed by atoms with Gasteiger partial charge in [0, 0.05) is 18.0 Å². The molecule has 0 radical (unpaired) electrons. The van der Waals surface area contributed by atoms with Gasteiger partial charge in [-0.1, -0.05) is 37.1 Å². The molecule has 0 unspecified atom stereocenters. The molecule has 0 saturated heterocycles. The summed E-state index contributed by atoms with van der Waals surface area (Å²) in [5.41, 5.74) is 4.73. The number of carbonyl (C=O) groups is 2. The Labute approximate surface area is 135 Å². The Balaban J connectivity index is 1.96. The molecule has 0 atom stereocenters. The highest BCUT2D eigenvalue weighted by atomic mass is 35.5. The minimum Gasteiger partial charge on any atom is -0.354 e. The highest BCUT2D eigenvalue weighted by molar-refractivity contribution is 6.30. The third-order valence-electron chi connectivity index (χ3n) is 3.35. The lowest BCUT2D eigenvalue weighted by Crippen LogP contribution is -2.49. The SMILES string of the molecule is CCCCNC(=O)CN1NC(c2ccc(Cl)cc2)=CCC1=O. The minimum atomic E-state index is -0.161. The number of amides is 2. The van der Waals surface area contributed by atoms with E-state index in [0.717, 1.165) is 24.1 Å². The van der Waals surface area contributed by atoms with E-state index in [0.29, 0.717) is 11.6 Å². The van der Waals surface area contributed by atoms with Crippen molar-refractivity contribution in [2.24, 2.45) is 0 Å². The van der Waals surface area contributed by atoms with Crippen LogP contribution < -0.4 is 10.7 Å². The van der Waals surface area contributed by atoms with Crippen molar-refractivity contribution >= 4 is 29.1 Å². The lowest BCUT2D eigenvalue weighted by molar-refractivity contribution is -0.137. The third kappa shape index (κ3) is 4.49. The van der Waals surface area contributed by atoms with Gasteiger partial charge in [0.05, 0.1) is 5.70 Å². The lowest BCUT2D eigenvalue weighted by atomic mass is 10.1. The zero-order chi connectivity index (χ0) is 15.9. The summed E-state index contributed by atoms with van der Waals surface area (Å²) in [5.74, 6) is -0.282. The van der Waals surface area contributed by atoms with E-state index in [1.54, 1.807) is 12.1 Å². The van der Waals surface area contributed by atoms with Crippen molar-refractivity contribution in [1.82, 2.24) is 15.8 Å². The summed E-state index contributed by atoms with van der Waals surface area (Å²) in [6.07, 6.45) is 4.04. The maximum atomic E-state index is 11.9. The van der Waals surface area contributed by atoms with Gasteiger partial charge in [-0.2, -0.15) is 0 Å². The Morgan fingerprint density at radius 2 is 2.09 bits per heavy atom. The van der Waals surface area contributed by atoms with Gasteiger partial charge >= 0.3 is 0 Å². The fraction of sp³-hybridized carbons (Fsp3) is 0.375. The highest BCUT2D eigenvalue weighted by Gasteiger charge is 2.21. The van der Waals surface area contributed by atoms with Crippen LogP contribution in [0.5, 0.6) is 0 Å². The van der Waals surface area contributed by atoms with Gasteiger partial charge in [-0.3, -0.25) is 15.0 Å². The third-order valence-corrected chi connectivity index (χ3v) is 3.60. The van der Waals surface area contributed by atoms with E-state index in [9.17, 15) is 9.59 Å². The number of unbranched alkanes of at least 4 members (excludes halogenated alkanes) is 1. The smallest absolute Gasteiger partial charge is 0.245 e. The zero-order valence-corrected chi connectivity index (χ0v) is 13.3. The maximum absolute atomic E-state index is 11.9.